The number of hydrogen-bond donors (Lipinski definition) is 0. The van der Waals surface area contributed by atoms with Gasteiger partial charge in [0.1, 0.15) is 12.0 Å². The molecule has 0 bridgehead atoms. The van der Waals surface area contributed by atoms with E-state index in [9.17, 15) is 0 Å². The van der Waals surface area contributed by atoms with Gasteiger partial charge in [0.05, 0.1) is 31.2 Å². The minimum absolute atomic E-state index is 0. The summed E-state index contributed by atoms with van der Waals surface area (Å²) in [5, 5.41) is 0. The summed E-state index contributed by atoms with van der Waals surface area (Å²) >= 11 is 0. The first-order valence-electron chi connectivity index (χ1n) is 11.8. The lowest BCUT2D eigenvalue weighted by molar-refractivity contribution is -0.645. The lowest BCUT2D eigenvalue weighted by Crippen LogP contribution is -3.00. The van der Waals surface area contributed by atoms with Crippen LogP contribution in [0.4, 0.5) is 11.4 Å². The van der Waals surface area contributed by atoms with E-state index in [4.69, 9.17) is 13.1 Å². The molecule has 0 saturated carbocycles. The number of aryl methyl sites for hydroxylation is 3. The summed E-state index contributed by atoms with van der Waals surface area (Å²) in [6, 6.07) is 27.9. The molecule has 38 heavy (non-hydrogen) atoms. The van der Waals surface area contributed by atoms with Gasteiger partial charge in [0, 0.05) is 5.69 Å². The first-order valence-corrected chi connectivity index (χ1v) is 11.8. The van der Waals surface area contributed by atoms with Crippen LogP contribution in [-0.2, 0) is 7.05 Å². The fourth-order valence-corrected chi connectivity index (χ4v) is 4.40. The maximum absolute atomic E-state index is 7.14. The highest BCUT2D eigenvalue weighted by Gasteiger charge is 2.15. The highest BCUT2D eigenvalue weighted by atomic mass is 127. The summed E-state index contributed by atoms with van der Waals surface area (Å²) in [6.45, 7) is 18.4. The number of rotatable bonds is 2. The Kier molecular flexibility index (Phi) is 7.90. The zero-order valence-corrected chi connectivity index (χ0v) is 23.5. The number of nitrogens with zero attached hydrogens (tertiary/aromatic N) is 6. The van der Waals surface area contributed by atoms with Crippen LogP contribution < -0.4 is 28.5 Å². The highest BCUT2D eigenvalue weighted by molar-refractivity contribution is 5.81. The van der Waals surface area contributed by atoms with Crippen molar-refractivity contribution in [2.24, 2.45) is 7.05 Å². The maximum Gasteiger partial charge on any atom is 0.249 e. The Morgan fingerprint density at radius 2 is 1.29 bits per heavy atom. The van der Waals surface area contributed by atoms with Crippen LogP contribution in [0.3, 0.4) is 0 Å². The van der Waals surface area contributed by atoms with E-state index in [1.807, 2.05) is 60.4 Å². The van der Waals surface area contributed by atoms with Crippen molar-refractivity contribution in [3.63, 3.8) is 0 Å². The number of hydrogen-bond acceptors (Lipinski definition) is 1. The average molecular weight is 608 g/mol. The second-order valence-corrected chi connectivity index (χ2v) is 8.96. The smallest absolute Gasteiger partial charge is 0.249 e. The van der Waals surface area contributed by atoms with Crippen molar-refractivity contribution in [1.29, 1.82) is 0 Å². The van der Waals surface area contributed by atoms with E-state index < -0.39 is 0 Å². The number of halogens is 1. The van der Waals surface area contributed by atoms with Crippen molar-refractivity contribution < 1.29 is 28.5 Å². The average Bonchev–Trinajstić information content (AvgIpc) is 3.49. The Balaban J connectivity index is 0.000000173. The topological polar surface area (TPSA) is 35.3 Å². The normalized spacial score (nSPS) is 10.2. The molecular formula is C31H25IN6. The second kappa shape index (κ2) is 11.3. The molecule has 0 radical (unpaired) electrons. The molecule has 186 valence electrons. The zero-order chi connectivity index (χ0) is 25.9. The third-order valence-electron chi connectivity index (χ3n) is 6.24. The Labute approximate surface area is 239 Å². The van der Waals surface area contributed by atoms with Crippen molar-refractivity contribution in [1.82, 2.24) is 14.1 Å². The molecule has 0 atom stereocenters. The van der Waals surface area contributed by atoms with Gasteiger partial charge in [-0.1, -0.05) is 36.4 Å². The van der Waals surface area contributed by atoms with Crippen LogP contribution in [0.5, 0.6) is 0 Å². The van der Waals surface area contributed by atoms with Crippen molar-refractivity contribution in [3.8, 4) is 11.4 Å². The van der Waals surface area contributed by atoms with Crippen molar-refractivity contribution in [2.75, 3.05) is 0 Å². The summed E-state index contributed by atoms with van der Waals surface area (Å²) in [7, 11) is 2.02. The predicted octanol–water partition coefficient (Wildman–Crippen LogP) is 4.20. The van der Waals surface area contributed by atoms with E-state index in [2.05, 4.69) is 74.1 Å². The summed E-state index contributed by atoms with van der Waals surface area (Å²) in [6.07, 6.45) is 3.85. The van der Waals surface area contributed by atoms with Crippen LogP contribution in [0.25, 0.3) is 43.1 Å². The monoisotopic (exact) mass is 608 g/mol. The molecule has 0 amide bonds. The van der Waals surface area contributed by atoms with E-state index in [1.165, 1.54) is 11.1 Å². The van der Waals surface area contributed by atoms with E-state index in [1.54, 1.807) is 12.4 Å². The Hall–Kier alpha value is -4.47. The number of benzene rings is 4. The Bertz CT molecular complexity index is 1850. The molecule has 2 aromatic heterocycles. The van der Waals surface area contributed by atoms with Gasteiger partial charge in [-0.05, 0) is 73.5 Å². The molecule has 0 aliphatic rings. The molecule has 0 spiro atoms. The molecule has 0 aliphatic carbocycles. The van der Waals surface area contributed by atoms with E-state index in [0.29, 0.717) is 11.4 Å². The van der Waals surface area contributed by atoms with Gasteiger partial charge >= 0.3 is 0 Å². The number of aromatic nitrogens is 4. The van der Waals surface area contributed by atoms with Crippen molar-refractivity contribution in [3.05, 3.63) is 132 Å². The Morgan fingerprint density at radius 1 is 0.711 bits per heavy atom. The van der Waals surface area contributed by atoms with Gasteiger partial charge in [0.2, 0.25) is 6.33 Å². The lowest BCUT2D eigenvalue weighted by atomic mass is 10.2. The fraction of sp³-hybridized carbons (Fsp3) is 0.0968. The van der Waals surface area contributed by atoms with Gasteiger partial charge in [0.15, 0.2) is 22.4 Å². The molecule has 6 aromatic rings. The first-order chi connectivity index (χ1) is 18.0. The van der Waals surface area contributed by atoms with Gasteiger partial charge in [-0.25, -0.2) is 19.2 Å². The SMILES string of the molecule is [C-]#[N+]c1ccc2c(c1)n(-c1cccc(C)c1)c[n+]2C.[C-]#[N+]c1ccc2ncn(-c3cccc(C)c3)c2c1.[I-]. The quantitative estimate of drug-likeness (QED) is 0.165. The lowest BCUT2D eigenvalue weighted by Gasteiger charge is -2.05. The van der Waals surface area contributed by atoms with E-state index >= 15 is 0 Å². The minimum Gasteiger partial charge on any atom is -1.00 e. The largest absolute Gasteiger partial charge is 1.00 e. The van der Waals surface area contributed by atoms with Crippen LogP contribution in [0.2, 0.25) is 0 Å². The molecule has 2 heterocycles. The van der Waals surface area contributed by atoms with Gasteiger partial charge in [-0.3, -0.25) is 0 Å². The van der Waals surface area contributed by atoms with Crippen molar-refractivity contribution in [2.45, 2.75) is 13.8 Å². The van der Waals surface area contributed by atoms with Crippen LogP contribution in [0.1, 0.15) is 11.1 Å². The second-order valence-electron chi connectivity index (χ2n) is 8.96. The van der Waals surface area contributed by atoms with Crippen LogP contribution in [0.15, 0.2) is 97.6 Å². The summed E-state index contributed by atoms with van der Waals surface area (Å²) in [4.78, 5) is 11.3. The molecule has 0 fully saturated rings. The summed E-state index contributed by atoms with van der Waals surface area (Å²) < 4.78 is 6.21. The third kappa shape index (κ3) is 5.29. The maximum atomic E-state index is 7.14. The molecule has 6 rings (SSSR count). The summed E-state index contributed by atoms with van der Waals surface area (Å²) in [5.74, 6) is 0. The molecule has 0 saturated heterocycles. The summed E-state index contributed by atoms with van der Waals surface area (Å²) in [5.41, 5.74) is 9.97. The standard InChI is InChI=1S/C16H14N3.C15H11N3.HI/c1-12-5-4-6-14(9-12)19-11-18(3)15-8-7-13(17-2)10-16(15)19;1-11-4-3-5-13(8-11)18-10-17-14-7-6-12(16-2)9-15(14)18;/h4-11H,1,3H3;3-10H,1H3;1H/q+1;;/p-1. The molecular weight excluding hydrogens is 583 g/mol. The molecule has 6 nitrogen and oxygen atoms in total. The molecule has 0 N–H and O–H groups in total. The molecule has 0 unspecified atom stereocenters. The molecule has 4 aromatic carbocycles. The van der Waals surface area contributed by atoms with Crippen LogP contribution >= 0.6 is 0 Å². The number of fused-ring (bicyclic) bond motifs is 2. The number of imidazole rings is 2. The highest BCUT2D eigenvalue weighted by Crippen LogP contribution is 2.24. The Morgan fingerprint density at radius 3 is 1.89 bits per heavy atom. The van der Waals surface area contributed by atoms with Crippen molar-refractivity contribution >= 4 is 33.4 Å². The van der Waals surface area contributed by atoms with E-state index in [-0.39, 0.29) is 24.0 Å². The van der Waals surface area contributed by atoms with Gasteiger partial charge in [0.25, 0.3) is 0 Å². The van der Waals surface area contributed by atoms with Gasteiger partial charge in [-0.2, -0.15) is 4.57 Å². The molecule has 0 aliphatic heterocycles. The molecule has 7 heteroatoms. The van der Waals surface area contributed by atoms with E-state index in [0.717, 1.165) is 33.4 Å². The van der Waals surface area contributed by atoms with Crippen LogP contribution in [-0.4, -0.2) is 14.1 Å². The van der Waals surface area contributed by atoms with Crippen LogP contribution in [0, 0.1) is 27.0 Å². The first kappa shape index (κ1) is 26.6. The van der Waals surface area contributed by atoms with Gasteiger partial charge in [-0.15, -0.1) is 0 Å². The zero-order valence-electron chi connectivity index (χ0n) is 21.3. The fourth-order valence-electron chi connectivity index (χ4n) is 4.40. The van der Waals surface area contributed by atoms with Gasteiger partial charge < -0.3 is 28.5 Å². The minimum atomic E-state index is 0. The predicted molar refractivity (Wildman–Crippen MR) is 148 cm³/mol. The third-order valence-corrected chi connectivity index (χ3v) is 6.24.